The normalized spacial score (nSPS) is 19.7. The number of rotatable bonds is 5. The molecule has 2 N–H and O–H groups in total. The number of β-lactam (4-membered cyclic amide) rings is 1. The van der Waals surface area contributed by atoms with Gasteiger partial charge < -0.3 is 24.8 Å². The molecule has 1 amide bonds. The summed E-state index contributed by atoms with van der Waals surface area (Å²) < 4.78 is 15.7. The minimum atomic E-state index is -0.574. The lowest BCUT2D eigenvalue weighted by Crippen LogP contribution is -2.63. The molecule has 0 bridgehead atoms. The lowest BCUT2D eigenvalue weighted by atomic mass is 9.88. The van der Waals surface area contributed by atoms with Gasteiger partial charge in [0.05, 0.1) is 33.1 Å². The second-order valence-electron chi connectivity index (χ2n) is 5.52. The van der Waals surface area contributed by atoms with E-state index in [1.807, 2.05) is 24.3 Å². The van der Waals surface area contributed by atoms with Crippen LogP contribution in [-0.2, 0) is 4.79 Å². The van der Waals surface area contributed by atoms with Gasteiger partial charge in [0.1, 0.15) is 23.3 Å². The van der Waals surface area contributed by atoms with Crippen molar-refractivity contribution in [3.8, 4) is 17.2 Å². The fraction of sp³-hybridized carbons (Fsp3) is 0.278. The fourth-order valence-corrected chi connectivity index (χ4v) is 2.89. The van der Waals surface area contributed by atoms with E-state index in [2.05, 4.69) is 0 Å². The Balaban J connectivity index is 1.97. The maximum Gasteiger partial charge on any atom is 0.247 e. The first kappa shape index (κ1) is 16.1. The first-order valence-electron chi connectivity index (χ1n) is 7.54. The van der Waals surface area contributed by atoms with E-state index in [4.69, 9.17) is 19.9 Å². The molecular formula is C18H20N2O4. The average molecular weight is 328 g/mol. The monoisotopic (exact) mass is 328 g/mol. The number of benzene rings is 2. The topological polar surface area (TPSA) is 74.0 Å². The van der Waals surface area contributed by atoms with Crippen molar-refractivity contribution < 1.29 is 19.0 Å². The molecule has 1 aliphatic rings. The molecule has 2 atom stereocenters. The van der Waals surface area contributed by atoms with Crippen LogP contribution in [-0.4, -0.2) is 33.3 Å². The lowest BCUT2D eigenvalue weighted by Gasteiger charge is -2.45. The van der Waals surface area contributed by atoms with Crippen LogP contribution in [0.15, 0.2) is 42.5 Å². The highest BCUT2D eigenvalue weighted by Gasteiger charge is 2.46. The van der Waals surface area contributed by atoms with Gasteiger partial charge in [-0.05, 0) is 17.7 Å². The molecule has 126 valence electrons. The highest BCUT2D eigenvalue weighted by atomic mass is 16.5. The lowest BCUT2D eigenvalue weighted by molar-refractivity contribution is -0.126. The summed E-state index contributed by atoms with van der Waals surface area (Å²) >= 11 is 0. The third kappa shape index (κ3) is 2.65. The van der Waals surface area contributed by atoms with Crippen molar-refractivity contribution in [3.05, 3.63) is 48.0 Å². The molecular weight excluding hydrogens is 308 g/mol. The Morgan fingerprint density at radius 2 is 1.42 bits per heavy atom. The smallest absolute Gasteiger partial charge is 0.247 e. The van der Waals surface area contributed by atoms with Gasteiger partial charge in [-0.1, -0.05) is 12.1 Å². The molecule has 1 fully saturated rings. The molecule has 2 aromatic rings. The van der Waals surface area contributed by atoms with Gasteiger partial charge in [0.2, 0.25) is 5.91 Å². The number of hydrogen-bond acceptors (Lipinski definition) is 5. The molecule has 0 radical (unpaired) electrons. The van der Waals surface area contributed by atoms with Gasteiger partial charge in [-0.15, -0.1) is 0 Å². The van der Waals surface area contributed by atoms with E-state index in [1.54, 1.807) is 44.4 Å². The molecule has 0 spiro atoms. The van der Waals surface area contributed by atoms with Crippen LogP contribution in [0.1, 0.15) is 11.6 Å². The molecule has 1 heterocycles. The number of anilines is 1. The molecule has 0 aliphatic carbocycles. The second kappa shape index (κ2) is 6.41. The minimum Gasteiger partial charge on any atom is -0.497 e. The van der Waals surface area contributed by atoms with Crippen molar-refractivity contribution in [3.63, 3.8) is 0 Å². The van der Waals surface area contributed by atoms with Crippen molar-refractivity contribution in [2.24, 2.45) is 5.73 Å². The molecule has 3 rings (SSSR count). The zero-order valence-corrected chi connectivity index (χ0v) is 13.9. The number of carbonyl (C=O) groups is 1. The molecule has 0 unspecified atom stereocenters. The summed E-state index contributed by atoms with van der Waals surface area (Å²) in [6.45, 7) is 0. The van der Waals surface area contributed by atoms with Gasteiger partial charge >= 0.3 is 0 Å². The quantitative estimate of drug-likeness (QED) is 0.851. The Morgan fingerprint density at radius 3 is 1.92 bits per heavy atom. The highest BCUT2D eigenvalue weighted by Crippen LogP contribution is 2.41. The van der Waals surface area contributed by atoms with Crippen LogP contribution in [0, 0.1) is 0 Å². The summed E-state index contributed by atoms with van der Waals surface area (Å²) in [6, 6.07) is 12.1. The van der Waals surface area contributed by atoms with E-state index in [0.717, 1.165) is 11.3 Å². The van der Waals surface area contributed by atoms with Gasteiger partial charge in [-0.3, -0.25) is 4.79 Å². The van der Waals surface area contributed by atoms with Gasteiger partial charge in [0.25, 0.3) is 0 Å². The van der Waals surface area contributed by atoms with Crippen molar-refractivity contribution in [1.29, 1.82) is 0 Å². The molecule has 0 aromatic heterocycles. The van der Waals surface area contributed by atoms with E-state index in [9.17, 15) is 4.79 Å². The summed E-state index contributed by atoms with van der Waals surface area (Å²) in [7, 11) is 4.76. The van der Waals surface area contributed by atoms with E-state index in [-0.39, 0.29) is 11.9 Å². The van der Waals surface area contributed by atoms with Crippen molar-refractivity contribution in [2.75, 3.05) is 26.2 Å². The van der Waals surface area contributed by atoms with Gasteiger partial charge in [0.15, 0.2) is 0 Å². The molecule has 24 heavy (non-hydrogen) atoms. The number of hydrogen-bond donors (Lipinski definition) is 1. The summed E-state index contributed by atoms with van der Waals surface area (Å²) in [4.78, 5) is 14.0. The van der Waals surface area contributed by atoms with Crippen LogP contribution >= 0.6 is 0 Å². The van der Waals surface area contributed by atoms with E-state index in [0.29, 0.717) is 17.2 Å². The highest BCUT2D eigenvalue weighted by molar-refractivity contribution is 6.05. The van der Waals surface area contributed by atoms with Gasteiger partial charge in [0, 0.05) is 18.2 Å². The third-order valence-corrected chi connectivity index (χ3v) is 4.21. The minimum absolute atomic E-state index is 0.133. The largest absolute Gasteiger partial charge is 0.497 e. The number of nitrogens with zero attached hydrogens (tertiary/aromatic N) is 1. The molecule has 6 heteroatoms. The van der Waals surface area contributed by atoms with Gasteiger partial charge in [-0.25, -0.2) is 0 Å². The van der Waals surface area contributed by atoms with Crippen LogP contribution in [0.4, 0.5) is 5.69 Å². The maximum absolute atomic E-state index is 12.4. The Kier molecular flexibility index (Phi) is 4.31. The van der Waals surface area contributed by atoms with E-state index in [1.165, 1.54) is 0 Å². The summed E-state index contributed by atoms with van der Waals surface area (Å²) in [6.07, 6.45) is 0. The first-order valence-corrected chi connectivity index (χ1v) is 7.54. The first-order chi connectivity index (χ1) is 11.6. The Hall–Kier alpha value is -2.73. The summed E-state index contributed by atoms with van der Waals surface area (Å²) in [5.41, 5.74) is 7.69. The summed E-state index contributed by atoms with van der Waals surface area (Å²) in [5.74, 6) is 1.86. The van der Waals surface area contributed by atoms with Crippen LogP contribution in [0.3, 0.4) is 0 Å². The number of methoxy groups -OCH3 is 3. The average Bonchev–Trinajstić information content (AvgIpc) is 2.64. The van der Waals surface area contributed by atoms with Crippen LogP contribution in [0.5, 0.6) is 17.2 Å². The van der Waals surface area contributed by atoms with Crippen molar-refractivity contribution >= 4 is 11.6 Å². The predicted octanol–water partition coefficient (Wildman–Crippen LogP) is 2.13. The molecule has 2 aromatic carbocycles. The number of nitrogens with two attached hydrogens (primary N) is 1. The molecule has 6 nitrogen and oxygen atoms in total. The summed E-state index contributed by atoms with van der Waals surface area (Å²) in [5, 5.41) is 0. The van der Waals surface area contributed by atoms with Gasteiger partial charge in [-0.2, -0.15) is 0 Å². The molecule has 1 aliphatic heterocycles. The Bertz CT molecular complexity index is 723. The number of amides is 1. The number of ether oxygens (including phenoxy) is 3. The Morgan fingerprint density at radius 1 is 0.875 bits per heavy atom. The third-order valence-electron chi connectivity index (χ3n) is 4.21. The van der Waals surface area contributed by atoms with Crippen molar-refractivity contribution in [2.45, 2.75) is 12.1 Å². The fourth-order valence-electron chi connectivity index (χ4n) is 2.89. The van der Waals surface area contributed by atoms with E-state index < -0.39 is 6.04 Å². The standard InChI is InChI=1S/C18H20N2O4/c1-22-13-6-4-11(5-7-13)17-16(19)18(21)20(17)12-8-14(23-2)10-15(9-12)24-3/h4-10,16-17H,19H2,1-3H3/t16-,17+/m1/s1. The van der Waals surface area contributed by atoms with Crippen LogP contribution < -0.4 is 24.8 Å². The number of carbonyl (C=O) groups excluding carboxylic acids is 1. The predicted molar refractivity (Wildman–Crippen MR) is 90.7 cm³/mol. The van der Waals surface area contributed by atoms with E-state index >= 15 is 0 Å². The maximum atomic E-state index is 12.4. The zero-order chi connectivity index (χ0) is 17.3. The molecule has 0 saturated carbocycles. The second-order valence-corrected chi connectivity index (χ2v) is 5.52. The van der Waals surface area contributed by atoms with Crippen LogP contribution in [0.2, 0.25) is 0 Å². The Labute approximate surface area is 140 Å². The van der Waals surface area contributed by atoms with Crippen molar-refractivity contribution in [1.82, 2.24) is 0 Å². The SMILES string of the molecule is COc1ccc([C@H]2[C@@H](N)C(=O)N2c2cc(OC)cc(OC)c2)cc1. The zero-order valence-electron chi connectivity index (χ0n) is 13.9. The molecule has 1 saturated heterocycles. The van der Waals surface area contributed by atoms with Crippen LogP contribution in [0.25, 0.3) is 0 Å².